The van der Waals surface area contributed by atoms with E-state index in [2.05, 4.69) is 6.92 Å². The molecule has 0 spiro atoms. The van der Waals surface area contributed by atoms with Crippen molar-refractivity contribution < 1.29 is 9.84 Å². The molecule has 0 saturated heterocycles. The zero-order valence-corrected chi connectivity index (χ0v) is 8.52. The largest absolute Gasteiger partial charge is 0.493 e. The van der Waals surface area contributed by atoms with Crippen LogP contribution in [-0.2, 0) is 0 Å². The highest BCUT2D eigenvalue weighted by molar-refractivity contribution is 5.20. The number of hydrogen-bond acceptors (Lipinski definition) is 2. The quantitative estimate of drug-likeness (QED) is 0.777. The fraction of sp³-hybridized carbons (Fsp3) is 0.417. The normalized spacial score (nSPS) is 14.8. The summed E-state index contributed by atoms with van der Waals surface area (Å²) in [5.41, 5.74) is 0. The van der Waals surface area contributed by atoms with E-state index in [1.807, 2.05) is 37.3 Å². The molecule has 0 saturated carbocycles. The minimum absolute atomic E-state index is 0.0693. The van der Waals surface area contributed by atoms with Gasteiger partial charge in [-0.25, -0.2) is 0 Å². The Morgan fingerprint density at radius 1 is 1.36 bits per heavy atom. The summed E-state index contributed by atoms with van der Waals surface area (Å²) in [6, 6.07) is 9.57. The highest BCUT2D eigenvalue weighted by atomic mass is 16.5. The van der Waals surface area contributed by atoms with Crippen LogP contribution in [0.2, 0.25) is 0 Å². The van der Waals surface area contributed by atoms with Crippen LogP contribution in [-0.4, -0.2) is 17.8 Å². The third kappa shape index (κ3) is 3.38. The molecule has 1 N–H and O–H groups in total. The Labute approximate surface area is 85.5 Å². The summed E-state index contributed by atoms with van der Waals surface area (Å²) in [6.45, 7) is 6.24. The van der Waals surface area contributed by atoms with Crippen molar-refractivity contribution in [2.75, 3.05) is 6.61 Å². The van der Waals surface area contributed by atoms with Crippen molar-refractivity contribution >= 4 is 0 Å². The maximum Gasteiger partial charge on any atom is 0.119 e. The van der Waals surface area contributed by atoms with Crippen molar-refractivity contribution in [1.29, 1.82) is 0 Å². The van der Waals surface area contributed by atoms with Gasteiger partial charge in [-0.05, 0) is 25.5 Å². The van der Waals surface area contributed by atoms with E-state index >= 15 is 0 Å². The molecule has 1 rings (SSSR count). The van der Waals surface area contributed by atoms with Gasteiger partial charge in [-0.1, -0.05) is 25.1 Å². The Morgan fingerprint density at radius 3 is 2.57 bits per heavy atom. The molecule has 1 aromatic carbocycles. The van der Waals surface area contributed by atoms with Gasteiger partial charge < -0.3 is 9.84 Å². The minimum Gasteiger partial charge on any atom is -0.493 e. The Kier molecular flexibility index (Phi) is 4.47. The maximum absolute atomic E-state index is 9.46. The number of aliphatic hydroxyl groups is 1. The predicted octanol–water partition coefficient (Wildman–Crippen LogP) is 2.29. The van der Waals surface area contributed by atoms with Crippen LogP contribution in [0.4, 0.5) is 0 Å². The lowest BCUT2D eigenvalue weighted by Gasteiger charge is -2.17. The third-order valence-corrected chi connectivity index (χ3v) is 2.17. The molecule has 0 aliphatic rings. The first-order valence-electron chi connectivity index (χ1n) is 4.93. The molecule has 0 bridgehead atoms. The second kappa shape index (κ2) is 5.66. The summed E-state index contributed by atoms with van der Waals surface area (Å²) in [5.74, 6) is 0.754. The summed E-state index contributed by atoms with van der Waals surface area (Å²) in [4.78, 5) is 0. The Morgan fingerprint density at radius 2 is 2.00 bits per heavy atom. The second-order valence-corrected chi connectivity index (χ2v) is 3.36. The molecule has 14 heavy (non-hydrogen) atoms. The molecule has 1 aromatic rings. The number of benzene rings is 1. The molecule has 0 fully saturated rings. The van der Waals surface area contributed by atoms with Gasteiger partial charge in [0.05, 0.1) is 12.7 Å². The standard InChI is InChI=1S/C12H17O2/c1-3-12(13)10(2)9-14-11-7-5-4-6-8-11/h4-8,10,12-13H,2-3,9H2,1H3. The van der Waals surface area contributed by atoms with Crippen molar-refractivity contribution in [3.63, 3.8) is 0 Å². The van der Waals surface area contributed by atoms with Crippen LogP contribution in [0.5, 0.6) is 5.75 Å². The van der Waals surface area contributed by atoms with Gasteiger partial charge in [0.25, 0.3) is 0 Å². The smallest absolute Gasteiger partial charge is 0.119 e. The fourth-order valence-electron chi connectivity index (χ4n) is 1.16. The fourth-order valence-corrected chi connectivity index (χ4v) is 1.16. The zero-order valence-electron chi connectivity index (χ0n) is 8.52. The number of hydrogen-bond donors (Lipinski definition) is 1. The number of rotatable bonds is 5. The number of para-hydroxylation sites is 1. The van der Waals surface area contributed by atoms with Crippen LogP contribution in [0.15, 0.2) is 30.3 Å². The summed E-state index contributed by atoms with van der Waals surface area (Å²) >= 11 is 0. The molecule has 1 radical (unpaired) electrons. The molecule has 2 unspecified atom stereocenters. The highest BCUT2D eigenvalue weighted by Crippen LogP contribution is 2.12. The average molecular weight is 193 g/mol. The first-order chi connectivity index (χ1) is 6.74. The highest BCUT2D eigenvalue weighted by Gasteiger charge is 2.12. The van der Waals surface area contributed by atoms with Crippen LogP contribution in [0, 0.1) is 12.8 Å². The molecule has 2 nitrogen and oxygen atoms in total. The lowest BCUT2D eigenvalue weighted by atomic mass is 10.0. The van der Waals surface area contributed by atoms with Crippen molar-refractivity contribution in [1.82, 2.24) is 0 Å². The Hall–Kier alpha value is -1.02. The van der Waals surface area contributed by atoms with Crippen molar-refractivity contribution in [2.24, 2.45) is 5.92 Å². The molecule has 0 aliphatic heterocycles. The van der Waals surface area contributed by atoms with Gasteiger partial charge >= 0.3 is 0 Å². The molecule has 0 heterocycles. The molecule has 0 aliphatic carbocycles. The summed E-state index contributed by atoms with van der Waals surface area (Å²) in [6.07, 6.45) is 0.338. The minimum atomic E-state index is -0.376. The monoisotopic (exact) mass is 193 g/mol. The summed E-state index contributed by atoms with van der Waals surface area (Å²) in [5, 5.41) is 9.46. The van der Waals surface area contributed by atoms with Crippen molar-refractivity contribution in [3.8, 4) is 5.75 Å². The van der Waals surface area contributed by atoms with Crippen LogP contribution in [0.25, 0.3) is 0 Å². The second-order valence-electron chi connectivity index (χ2n) is 3.36. The molecular weight excluding hydrogens is 176 g/mol. The van der Waals surface area contributed by atoms with E-state index in [4.69, 9.17) is 4.74 Å². The van der Waals surface area contributed by atoms with Crippen LogP contribution < -0.4 is 4.74 Å². The Balaban J connectivity index is 2.34. The van der Waals surface area contributed by atoms with E-state index < -0.39 is 0 Å². The maximum atomic E-state index is 9.46. The topological polar surface area (TPSA) is 29.5 Å². The molecule has 2 heteroatoms. The summed E-state index contributed by atoms with van der Waals surface area (Å²) in [7, 11) is 0. The van der Waals surface area contributed by atoms with Gasteiger partial charge in [0, 0.05) is 5.92 Å². The molecule has 0 aromatic heterocycles. The lowest BCUT2D eigenvalue weighted by Crippen LogP contribution is -2.23. The average Bonchev–Trinajstić information content (AvgIpc) is 2.26. The number of aliphatic hydroxyl groups excluding tert-OH is 1. The molecular formula is C12H17O2. The van der Waals surface area contributed by atoms with E-state index in [9.17, 15) is 5.11 Å². The first kappa shape index (κ1) is 11.1. The van der Waals surface area contributed by atoms with Crippen LogP contribution in [0.1, 0.15) is 13.3 Å². The van der Waals surface area contributed by atoms with Gasteiger partial charge in [0.1, 0.15) is 5.75 Å². The van der Waals surface area contributed by atoms with Gasteiger partial charge in [0.2, 0.25) is 0 Å². The van der Waals surface area contributed by atoms with Crippen LogP contribution in [0.3, 0.4) is 0 Å². The van der Waals surface area contributed by atoms with Gasteiger partial charge in [-0.2, -0.15) is 0 Å². The van der Waals surface area contributed by atoms with Gasteiger partial charge in [0.15, 0.2) is 0 Å². The SMILES string of the molecule is [CH2]C(COc1ccccc1)C(O)CC. The lowest BCUT2D eigenvalue weighted by molar-refractivity contribution is 0.0942. The van der Waals surface area contributed by atoms with Crippen molar-refractivity contribution in [2.45, 2.75) is 19.4 Å². The van der Waals surface area contributed by atoms with E-state index in [1.165, 1.54) is 0 Å². The van der Waals surface area contributed by atoms with E-state index in [0.717, 1.165) is 5.75 Å². The molecule has 77 valence electrons. The Bertz CT molecular complexity index is 246. The van der Waals surface area contributed by atoms with Crippen LogP contribution >= 0.6 is 0 Å². The molecule has 0 amide bonds. The first-order valence-corrected chi connectivity index (χ1v) is 4.93. The van der Waals surface area contributed by atoms with E-state index in [1.54, 1.807) is 0 Å². The molecule has 2 atom stereocenters. The summed E-state index contributed by atoms with van der Waals surface area (Å²) < 4.78 is 5.47. The van der Waals surface area contributed by atoms with Gasteiger partial charge in [-0.3, -0.25) is 0 Å². The van der Waals surface area contributed by atoms with Gasteiger partial charge in [-0.15, -0.1) is 0 Å². The van der Waals surface area contributed by atoms with E-state index in [0.29, 0.717) is 13.0 Å². The van der Waals surface area contributed by atoms with Crippen molar-refractivity contribution in [3.05, 3.63) is 37.3 Å². The third-order valence-electron chi connectivity index (χ3n) is 2.17. The predicted molar refractivity (Wildman–Crippen MR) is 57.1 cm³/mol. The van der Waals surface area contributed by atoms with E-state index in [-0.39, 0.29) is 12.0 Å². The zero-order chi connectivity index (χ0) is 10.4. The number of ether oxygens (including phenoxy) is 1.